The molecule has 2 aromatic carbocycles. The molecule has 4 N–H and O–H groups in total. The molecule has 3 rings (SSSR count). The molecule has 0 bridgehead atoms. The van der Waals surface area contributed by atoms with Crippen molar-refractivity contribution in [2.24, 2.45) is 5.73 Å². The van der Waals surface area contributed by atoms with Crippen molar-refractivity contribution in [3.63, 3.8) is 0 Å². The second-order valence-electron chi connectivity index (χ2n) is 6.83. The molecule has 0 aliphatic rings. The Balaban J connectivity index is 1.33. The maximum Gasteiger partial charge on any atom is 0.248 e. The number of nitrogens with one attached hydrogen (secondary N) is 1. The molecule has 0 radical (unpaired) electrons. The molecule has 1 atom stereocenters. The van der Waals surface area contributed by atoms with E-state index in [1.165, 1.54) is 11.5 Å². The minimum absolute atomic E-state index is 0.185. The van der Waals surface area contributed by atoms with Crippen LogP contribution in [0, 0.1) is 0 Å². The van der Waals surface area contributed by atoms with Gasteiger partial charge in [0.15, 0.2) is 0 Å². The SMILES string of the molecule is CCc1nnsc1-c1ccc(OCC(O)CNCCOc2ccc(C(N)=O)cc2)cc1. The molecule has 3 aromatic rings. The average Bonchev–Trinajstić information content (AvgIpc) is 3.27. The Hall–Kier alpha value is -3.01. The third-order valence-corrected chi connectivity index (χ3v) is 5.33. The molecule has 31 heavy (non-hydrogen) atoms. The van der Waals surface area contributed by atoms with Gasteiger partial charge in [-0.15, -0.1) is 5.10 Å². The van der Waals surface area contributed by atoms with Crippen molar-refractivity contribution >= 4 is 17.4 Å². The van der Waals surface area contributed by atoms with E-state index < -0.39 is 12.0 Å². The van der Waals surface area contributed by atoms with Gasteiger partial charge in [0.1, 0.15) is 30.8 Å². The van der Waals surface area contributed by atoms with Gasteiger partial charge in [-0.1, -0.05) is 11.4 Å². The third-order valence-electron chi connectivity index (χ3n) is 4.52. The molecule has 164 valence electrons. The Morgan fingerprint density at radius 2 is 1.81 bits per heavy atom. The highest BCUT2D eigenvalue weighted by Crippen LogP contribution is 2.28. The van der Waals surface area contributed by atoms with Gasteiger partial charge in [0, 0.05) is 18.7 Å². The van der Waals surface area contributed by atoms with Crippen LogP contribution in [0.4, 0.5) is 0 Å². The fraction of sp³-hybridized carbons (Fsp3) is 0.318. The number of hydrogen-bond acceptors (Lipinski definition) is 8. The number of carbonyl (C=O) groups is 1. The Bertz CT molecular complexity index is 960. The first kappa shape index (κ1) is 22.7. The van der Waals surface area contributed by atoms with Gasteiger partial charge in [-0.05, 0) is 72.0 Å². The second kappa shape index (κ2) is 11.4. The fourth-order valence-corrected chi connectivity index (χ4v) is 3.59. The number of hydrogen-bond donors (Lipinski definition) is 3. The van der Waals surface area contributed by atoms with Crippen molar-refractivity contribution in [2.45, 2.75) is 19.4 Å². The topological polar surface area (TPSA) is 120 Å². The summed E-state index contributed by atoms with van der Waals surface area (Å²) < 4.78 is 15.3. The summed E-state index contributed by atoms with van der Waals surface area (Å²) in [4.78, 5) is 12.1. The quantitative estimate of drug-likeness (QED) is 0.368. The summed E-state index contributed by atoms with van der Waals surface area (Å²) in [6, 6.07) is 14.3. The van der Waals surface area contributed by atoms with Crippen LogP contribution in [-0.2, 0) is 6.42 Å². The number of benzene rings is 2. The number of aliphatic hydroxyl groups is 1. The zero-order valence-corrected chi connectivity index (χ0v) is 18.1. The zero-order valence-electron chi connectivity index (χ0n) is 17.3. The van der Waals surface area contributed by atoms with Crippen LogP contribution in [0.3, 0.4) is 0 Å². The molecule has 1 aromatic heterocycles. The summed E-state index contributed by atoms with van der Waals surface area (Å²) in [7, 11) is 0. The number of aromatic nitrogens is 2. The van der Waals surface area contributed by atoms with Crippen LogP contribution in [0.25, 0.3) is 10.4 Å². The number of carbonyl (C=O) groups excluding carboxylic acids is 1. The molecule has 8 nitrogen and oxygen atoms in total. The lowest BCUT2D eigenvalue weighted by Gasteiger charge is -2.14. The fourth-order valence-electron chi connectivity index (χ4n) is 2.84. The van der Waals surface area contributed by atoms with E-state index in [0.717, 1.165) is 22.6 Å². The van der Waals surface area contributed by atoms with Gasteiger partial charge in [0.25, 0.3) is 0 Å². The molecule has 0 saturated heterocycles. The molecule has 0 aliphatic heterocycles. The van der Waals surface area contributed by atoms with Crippen LogP contribution in [-0.4, -0.2) is 53.0 Å². The van der Waals surface area contributed by atoms with E-state index in [2.05, 4.69) is 21.8 Å². The van der Waals surface area contributed by atoms with E-state index >= 15 is 0 Å². The van der Waals surface area contributed by atoms with Gasteiger partial charge in [0.05, 0.1) is 10.6 Å². The van der Waals surface area contributed by atoms with Crippen LogP contribution in [0.2, 0.25) is 0 Å². The van der Waals surface area contributed by atoms with Crippen molar-refractivity contribution in [1.82, 2.24) is 14.9 Å². The molecule has 0 saturated carbocycles. The molecular formula is C22H26N4O4S. The molecule has 1 amide bonds. The van der Waals surface area contributed by atoms with E-state index in [9.17, 15) is 9.90 Å². The molecular weight excluding hydrogens is 416 g/mol. The smallest absolute Gasteiger partial charge is 0.248 e. The van der Waals surface area contributed by atoms with E-state index in [1.54, 1.807) is 24.3 Å². The lowest BCUT2D eigenvalue weighted by atomic mass is 10.1. The largest absolute Gasteiger partial charge is 0.492 e. The maximum atomic E-state index is 11.0. The first-order valence-electron chi connectivity index (χ1n) is 10.0. The maximum absolute atomic E-state index is 11.0. The van der Waals surface area contributed by atoms with Crippen molar-refractivity contribution < 1.29 is 19.4 Å². The summed E-state index contributed by atoms with van der Waals surface area (Å²) >= 11 is 1.39. The van der Waals surface area contributed by atoms with Gasteiger partial charge >= 0.3 is 0 Å². The van der Waals surface area contributed by atoms with Gasteiger partial charge in [-0.25, -0.2) is 0 Å². The number of aliphatic hydroxyl groups excluding tert-OH is 1. The molecule has 9 heteroatoms. The van der Waals surface area contributed by atoms with Crippen LogP contribution in [0.15, 0.2) is 48.5 Å². The van der Waals surface area contributed by atoms with Crippen LogP contribution in [0.5, 0.6) is 11.5 Å². The third kappa shape index (κ3) is 6.74. The van der Waals surface area contributed by atoms with Crippen molar-refractivity contribution in [2.75, 3.05) is 26.3 Å². The standard InChI is InChI=1S/C22H26N4O4S/c1-2-20-21(31-26-25-20)15-3-7-19(8-4-15)30-14-17(27)13-24-11-12-29-18-9-5-16(6-10-18)22(23)28/h3-10,17,24,27H,2,11-14H2,1H3,(H2,23,28). The summed E-state index contributed by atoms with van der Waals surface area (Å²) in [6.45, 7) is 3.61. The van der Waals surface area contributed by atoms with E-state index in [4.69, 9.17) is 15.2 Å². The van der Waals surface area contributed by atoms with E-state index in [1.807, 2.05) is 24.3 Å². The minimum atomic E-state index is -0.646. The van der Waals surface area contributed by atoms with Gasteiger partial charge < -0.3 is 25.6 Å². The highest BCUT2D eigenvalue weighted by Gasteiger charge is 2.09. The van der Waals surface area contributed by atoms with Crippen molar-refractivity contribution in [3.05, 3.63) is 59.8 Å². The highest BCUT2D eigenvalue weighted by atomic mass is 32.1. The monoisotopic (exact) mass is 442 g/mol. The number of ether oxygens (including phenoxy) is 2. The Morgan fingerprint density at radius 3 is 2.48 bits per heavy atom. The predicted molar refractivity (Wildman–Crippen MR) is 120 cm³/mol. The van der Waals surface area contributed by atoms with Crippen molar-refractivity contribution in [1.29, 1.82) is 0 Å². The number of nitrogens with two attached hydrogens (primary N) is 1. The molecule has 0 aliphatic carbocycles. The Labute approximate surface area is 185 Å². The summed E-state index contributed by atoms with van der Waals surface area (Å²) in [5.41, 5.74) is 7.70. The zero-order chi connectivity index (χ0) is 22.1. The predicted octanol–water partition coefficient (Wildman–Crippen LogP) is 2.27. The number of primary amides is 1. The van der Waals surface area contributed by atoms with Crippen molar-refractivity contribution in [3.8, 4) is 21.9 Å². The Kier molecular flexibility index (Phi) is 8.34. The van der Waals surface area contributed by atoms with Crippen LogP contribution >= 0.6 is 11.5 Å². The van der Waals surface area contributed by atoms with Gasteiger partial charge in [0.2, 0.25) is 5.91 Å². The Morgan fingerprint density at radius 1 is 1.13 bits per heavy atom. The summed E-state index contributed by atoms with van der Waals surface area (Å²) in [6.07, 6.45) is 0.197. The molecule has 0 fully saturated rings. The average molecular weight is 443 g/mol. The van der Waals surface area contributed by atoms with Crippen LogP contribution in [0.1, 0.15) is 23.0 Å². The normalized spacial score (nSPS) is 11.8. The summed E-state index contributed by atoms with van der Waals surface area (Å²) in [5.74, 6) is 0.878. The molecule has 1 unspecified atom stereocenters. The van der Waals surface area contributed by atoms with Gasteiger partial charge in [-0.2, -0.15) is 0 Å². The van der Waals surface area contributed by atoms with E-state index in [0.29, 0.717) is 36.8 Å². The van der Waals surface area contributed by atoms with Crippen LogP contribution < -0.4 is 20.5 Å². The number of aryl methyl sites for hydroxylation is 1. The lowest BCUT2D eigenvalue weighted by Crippen LogP contribution is -2.33. The number of amides is 1. The van der Waals surface area contributed by atoms with Gasteiger partial charge in [-0.3, -0.25) is 4.79 Å². The lowest BCUT2D eigenvalue weighted by molar-refractivity contribution is 0.1000. The molecule has 1 heterocycles. The first-order chi connectivity index (χ1) is 15.1. The number of rotatable bonds is 12. The highest BCUT2D eigenvalue weighted by molar-refractivity contribution is 7.09. The van der Waals surface area contributed by atoms with E-state index in [-0.39, 0.29) is 6.61 Å². The number of nitrogens with zero attached hydrogens (tertiary/aromatic N) is 2. The molecule has 0 spiro atoms. The second-order valence-corrected chi connectivity index (χ2v) is 7.59. The minimum Gasteiger partial charge on any atom is -0.492 e. The first-order valence-corrected chi connectivity index (χ1v) is 10.8. The summed E-state index contributed by atoms with van der Waals surface area (Å²) in [5, 5.41) is 17.3.